The first kappa shape index (κ1) is 17.0. The zero-order valence-corrected chi connectivity index (χ0v) is 13.1. The van der Waals surface area contributed by atoms with Gasteiger partial charge in [-0.15, -0.1) is 0 Å². The highest BCUT2D eigenvalue weighted by Gasteiger charge is 2.44. The Labute approximate surface area is 140 Å². The first-order valence-electron chi connectivity index (χ1n) is 7.41. The van der Waals surface area contributed by atoms with Gasteiger partial charge < -0.3 is 9.42 Å². The van der Waals surface area contributed by atoms with Gasteiger partial charge in [-0.05, 0) is 17.7 Å². The molecule has 1 fully saturated rings. The van der Waals surface area contributed by atoms with Gasteiger partial charge in [-0.1, -0.05) is 17.3 Å². The summed E-state index contributed by atoms with van der Waals surface area (Å²) in [7, 11) is 1.54. The maximum absolute atomic E-state index is 12.7. The molecule has 2 heterocycles. The van der Waals surface area contributed by atoms with E-state index in [0.29, 0.717) is 5.56 Å². The van der Waals surface area contributed by atoms with E-state index in [0.717, 1.165) is 12.1 Å². The number of benzene rings is 1. The first-order chi connectivity index (χ1) is 11.8. The minimum Gasteiger partial charge on any atom is -0.344 e. The maximum Gasteiger partial charge on any atom is 0.416 e. The molecular weight excluding hydrogens is 339 g/mol. The van der Waals surface area contributed by atoms with Gasteiger partial charge in [-0.2, -0.15) is 13.2 Å². The fraction of sp³-hybridized carbons (Fsp3) is 0.312. The van der Waals surface area contributed by atoms with Gasteiger partial charge in [-0.25, -0.2) is 0 Å². The topological polar surface area (TPSA) is 75.4 Å². The predicted octanol–water partition coefficient (Wildman–Crippen LogP) is 2.50. The number of likely N-dealkylation sites (tertiary alicyclic amines) is 1. The maximum atomic E-state index is 12.7. The lowest BCUT2D eigenvalue weighted by atomic mass is 9.87. The highest BCUT2D eigenvalue weighted by Crippen LogP contribution is 2.36. The van der Waals surface area contributed by atoms with Gasteiger partial charge in [0.1, 0.15) is 5.92 Å². The number of anilines is 1. The SMILES string of the molecule is CN1C[C@@H](c2ccc(C(F)(F)F)cc2)[C@H](C(=O)Nc2ccno2)C1=O. The van der Waals surface area contributed by atoms with Crippen molar-refractivity contribution in [3.05, 3.63) is 47.7 Å². The third kappa shape index (κ3) is 3.35. The van der Waals surface area contributed by atoms with Crippen LogP contribution in [0.1, 0.15) is 17.0 Å². The van der Waals surface area contributed by atoms with Crippen molar-refractivity contribution in [3.63, 3.8) is 0 Å². The van der Waals surface area contributed by atoms with E-state index in [2.05, 4.69) is 10.5 Å². The van der Waals surface area contributed by atoms with Crippen molar-refractivity contribution in [1.29, 1.82) is 0 Å². The number of hydrogen-bond donors (Lipinski definition) is 1. The minimum absolute atomic E-state index is 0.0959. The van der Waals surface area contributed by atoms with Crippen molar-refractivity contribution >= 4 is 17.7 Å². The third-order valence-electron chi connectivity index (χ3n) is 4.15. The number of amides is 2. The Balaban J connectivity index is 1.85. The van der Waals surface area contributed by atoms with Crippen LogP contribution in [0.25, 0.3) is 0 Å². The molecule has 1 saturated heterocycles. The molecule has 132 valence electrons. The van der Waals surface area contributed by atoms with E-state index in [1.54, 1.807) is 7.05 Å². The Morgan fingerprint density at radius 2 is 1.96 bits per heavy atom. The average molecular weight is 353 g/mol. The summed E-state index contributed by atoms with van der Waals surface area (Å²) in [6.07, 6.45) is -3.10. The molecule has 6 nitrogen and oxygen atoms in total. The number of alkyl halides is 3. The Hall–Kier alpha value is -2.84. The molecule has 0 radical (unpaired) electrons. The molecule has 2 atom stereocenters. The zero-order chi connectivity index (χ0) is 18.2. The number of carbonyl (C=O) groups is 2. The number of hydrogen-bond acceptors (Lipinski definition) is 4. The lowest BCUT2D eigenvalue weighted by molar-refractivity contribution is -0.138. The van der Waals surface area contributed by atoms with Crippen molar-refractivity contribution in [1.82, 2.24) is 10.1 Å². The summed E-state index contributed by atoms with van der Waals surface area (Å²) in [6.45, 7) is 0.235. The zero-order valence-electron chi connectivity index (χ0n) is 13.1. The van der Waals surface area contributed by atoms with Crippen LogP contribution in [0.15, 0.2) is 41.1 Å². The Bertz CT molecular complexity index is 772. The van der Waals surface area contributed by atoms with Crippen molar-refractivity contribution in [2.75, 3.05) is 18.9 Å². The number of carbonyl (C=O) groups excluding carboxylic acids is 2. The van der Waals surface area contributed by atoms with E-state index in [9.17, 15) is 22.8 Å². The lowest BCUT2D eigenvalue weighted by Gasteiger charge is -2.17. The molecule has 0 unspecified atom stereocenters. The first-order valence-corrected chi connectivity index (χ1v) is 7.41. The number of halogens is 3. The summed E-state index contributed by atoms with van der Waals surface area (Å²) in [5.41, 5.74) is -0.292. The summed E-state index contributed by atoms with van der Waals surface area (Å²) in [5, 5.41) is 5.91. The van der Waals surface area contributed by atoms with Gasteiger partial charge in [-0.3, -0.25) is 14.9 Å². The van der Waals surface area contributed by atoms with E-state index in [1.165, 1.54) is 29.3 Å². The third-order valence-corrected chi connectivity index (χ3v) is 4.15. The molecule has 1 N–H and O–H groups in total. The molecular formula is C16H14F3N3O3. The normalized spacial score (nSPS) is 20.8. The van der Waals surface area contributed by atoms with Crippen molar-refractivity contribution < 1.29 is 27.3 Å². The summed E-state index contributed by atoms with van der Waals surface area (Å²) in [5.74, 6) is -2.49. The van der Waals surface area contributed by atoms with Gasteiger partial charge >= 0.3 is 6.18 Å². The van der Waals surface area contributed by atoms with E-state index in [1.807, 2.05) is 0 Å². The van der Waals surface area contributed by atoms with Gasteiger partial charge in [0, 0.05) is 25.6 Å². The van der Waals surface area contributed by atoms with E-state index in [4.69, 9.17) is 4.52 Å². The van der Waals surface area contributed by atoms with Crippen LogP contribution >= 0.6 is 0 Å². The van der Waals surface area contributed by atoms with Crippen molar-refractivity contribution in [2.45, 2.75) is 12.1 Å². The molecule has 9 heteroatoms. The van der Waals surface area contributed by atoms with Crippen LogP contribution in [0.2, 0.25) is 0 Å². The lowest BCUT2D eigenvalue weighted by Crippen LogP contribution is -2.32. The standard InChI is InChI=1S/C16H14F3N3O3/c1-22-8-11(9-2-4-10(5-3-9)16(17,18)19)13(15(22)24)14(23)21-12-6-7-20-25-12/h2-7,11,13H,8H2,1H3,(H,21,23)/t11-,13+/m0/s1. The molecule has 0 bridgehead atoms. The predicted molar refractivity (Wildman–Crippen MR) is 80.4 cm³/mol. The number of aromatic nitrogens is 1. The van der Waals surface area contributed by atoms with Crippen molar-refractivity contribution in [3.8, 4) is 0 Å². The Morgan fingerprint density at radius 1 is 1.28 bits per heavy atom. The van der Waals surface area contributed by atoms with Crippen LogP contribution in [-0.2, 0) is 15.8 Å². The van der Waals surface area contributed by atoms with Gasteiger partial charge in [0.2, 0.25) is 17.7 Å². The second-order valence-corrected chi connectivity index (χ2v) is 5.79. The number of nitrogens with one attached hydrogen (secondary N) is 1. The molecule has 2 amide bonds. The Morgan fingerprint density at radius 3 is 2.52 bits per heavy atom. The molecule has 0 saturated carbocycles. The Kier molecular flexibility index (Phi) is 4.23. The van der Waals surface area contributed by atoms with Gasteiger partial charge in [0.25, 0.3) is 0 Å². The van der Waals surface area contributed by atoms with Crippen molar-refractivity contribution in [2.24, 2.45) is 5.92 Å². The molecule has 1 aliphatic heterocycles. The summed E-state index contributed by atoms with van der Waals surface area (Å²) in [4.78, 5) is 26.2. The monoisotopic (exact) mass is 353 g/mol. The highest BCUT2D eigenvalue weighted by molar-refractivity contribution is 6.08. The van der Waals surface area contributed by atoms with Crippen LogP contribution in [0.4, 0.5) is 19.1 Å². The summed E-state index contributed by atoms with van der Waals surface area (Å²) >= 11 is 0. The van der Waals surface area contributed by atoms with Crippen LogP contribution in [0.5, 0.6) is 0 Å². The fourth-order valence-corrected chi connectivity index (χ4v) is 2.89. The minimum atomic E-state index is -4.44. The van der Waals surface area contributed by atoms with Crippen LogP contribution in [-0.4, -0.2) is 35.5 Å². The molecule has 1 aromatic heterocycles. The van der Waals surface area contributed by atoms with E-state index >= 15 is 0 Å². The van der Waals surface area contributed by atoms with E-state index < -0.39 is 35.4 Å². The quantitative estimate of drug-likeness (QED) is 0.861. The summed E-state index contributed by atoms with van der Waals surface area (Å²) in [6, 6.07) is 5.92. The molecule has 25 heavy (non-hydrogen) atoms. The average Bonchev–Trinajstić information content (AvgIpc) is 3.15. The molecule has 3 rings (SSSR count). The van der Waals surface area contributed by atoms with Crippen LogP contribution in [0, 0.1) is 5.92 Å². The van der Waals surface area contributed by atoms with Gasteiger partial charge in [0.15, 0.2) is 0 Å². The smallest absolute Gasteiger partial charge is 0.344 e. The fourth-order valence-electron chi connectivity index (χ4n) is 2.89. The number of rotatable bonds is 3. The molecule has 0 spiro atoms. The molecule has 1 aromatic carbocycles. The summed E-state index contributed by atoms with van der Waals surface area (Å²) < 4.78 is 42.9. The largest absolute Gasteiger partial charge is 0.416 e. The van der Waals surface area contributed by atoms with Crippen LogP contribution in [0.3, 0.4) is 0 Å². The molecule has 1 aliphatic rings. The number of likely N-dealkylation sites (N-methyl/N-ethyl adjacent to an activating group) is 1. The second kappa shape index (κ2) is 6.23. The molecule has 2 aromatic rings. The van der Waals surface area contributed by atoms with Gasteiger partial charge in [0.05, 0.1) is 11.8 Å². The second-order valence-electron chi connectivity index (χ2n) is 5.79. The van der Waals surface area contributed by atoms with E-state index in [-0.39, 0.29) is 12.4 Å². The molecule has 0 aliphatic carbocycles. The highest BCUT2D eigenvalue weighted by atomic mass is 19.4. The van der Waals surface area contributed by atoms with Crippen LogP contribution < -0.4 is 5.32 Å². The number of nitrogens with zero attached hydrogens (tertiary/aromatic N) is 2.